The maximum atomic E-state index is 5.63. The van der Waals surface area contributed by atoms with Crippen molar-refractivity contribution < 1.29 is 9.15 Å². The maximum absolute atomic E-state index is 5.63. The van der Waals surface area contributed by atoms with Crippen LogP contribution >= 0.6 is 0 Å². The SMILES string of the molecule is CCN(CCOC)c1nnc(C(C)N)o1. The summed E-state index contributed by atoms with van der Waals surface area (Å²) in [6.07, 6.45) is 0. The number of nitrogens with zero attached hydrogens (tertiary/aromatic N) is 3. The van der Waals surface area contributed by atoms with Crippen LogP contribution in [-0.4, -0.2) is 37.0 Å². The average molecular weight is 214 g/mol. The molecule has 2 N–H and O–H groups in total. The lowest BCUT2D eigenvalue weighted by atomic mass is 10.4. The molecule has 0 aliphatic carbocycles. The first-order valence-electron chi connectivity index (χ1n) is 5.01. The number of rotatable bonds is 6. The Morgan fingerprint density at radius 3 is 2.73 bits per heavy atom. The van der Waals surface area contributed by atoms with Gasteiger partial charge in [0.2, 0.25) is 5.89 Å². The molecule has 0 amide bonds. The maximum Gasteiger partial charge on any atom is 0.318 e. The highest BCUT2D eigenvalue weighted by Crippen LogP contribution is 2.15. The van der Waals surface area contributed by atoms with E-state index in [0.717, 1.165) is 13.1 Å². The van der Waals surface area contributed by atoms with Crippen molar-refractivity contribution >= 4 is 6.01 Å². The Morgan fingerprint density at radius 2 is 2.27 bits per heavy atom. The molecule has 0 spiro atoms. The van der Waals surface area contributed by atoms with E-state index in [2.05, 4.69) is 10.2 Å². The molecule has 1 heterocycles. The molecule has 0 saturated heterocycles. The van der Waals surface area contributed by atoms with Crippen LogP contribution in [0.4, 0.5) is 6.01 Å². The summed E-state index contributed by atoms with van der Waals surface area (Å²) in [5, 5.41) is 7.80. The molecule has 0 radical (unpaired) electrons. The van der Waals surface area contributed by atoms with Crippen LogP contribution in [0.2, 0.25) is 0 Å². The standard InChI is InChI=1S/C9H18N4O2/c1-4-13(5-6-14-3)9-12-11-8(15-9)7(2)10/h7H,4-6,10H2,1-3H3. The fourth-order valence-electron chi connectivity index (χ4n) is 1.13. The lowest BCUT2D eigenvalue weighted by molar-refractivity contribution is 0.204. The molecule has 6 nitrogen and oxygen atoms in total. The second-order valence-corrected chi connectivity index (χ2v) is 3.28. The summed E-state index contributed by atoms with van der Waals surface area (Å²) in [6, 6.07) is 0.272. The minimum atomic E-state index is -0.229. The van der Waals surface area contributed by atoms with E-state index in [-0.39, 0.29) is 6.04 Å². The fraction of sp³-hybridized carbons (Fsp3) is 0.778. The Hall–Kier alpha value is -1.14. The molecule has 1 aromatic heterocycles. The third kappa shape index (κ3) is 3.17. The van der Waals surface area contributed by atoms with Crippen LogP contribution in [0.15, 0.2) is 4.42 Å². The van der Waals surface area contributed by atoms with Crippen molar-refractivity contribution in [3.63, 3.8) is 0 Å². The van der Waals surface area contributed by atoms with Gasteiger partial charge in [-0.2, -0.15) is 0 Å². The summed E-state index contributed by atoms with van der Waals surface area (Å²) in [4.78, 5) is 1.95. The third-order valence-corrected chi connectivity index (χ3v) is 2.04. The summed E-state index contributed by atoms with van der Waals surface area (Å²) in [5.41, 5.74) is 5.63. The van der Waals surface area contributed by atoms with Gasteiger partial charge in [0.05, 0.1) is 12.6 Å². The molecule has 15 heavy (non-hydrogen) atoms. The van der Waals surface area contributed by atoms with Crippen molar-refractivity contribution in [1.29, 1.82) is 0 Å². The van der Waals surface area contributed by atoms with Crippen LogP contribution in [0.25, 0.3) is 0 Å². The number of hydrogen-bond acceptors (Lipinski definition) is 6. The number of methoxy groups -OCH3 is 1. The van der Waals surface area contributed by atoms with Gasteiger partial charge in [-0.1, -0.05) is 5.10 Å². The summed E-state index contributed by atoms with van der Waals surface area (Å²) >= 11 is 0. The topological polar surface area (TPSA) is 77.4 Å². The van der Waals surface area contributed by atoms with Gasteiger partial charge in [0.1, 0.15) is 0 Å². The predicted octanol–water partition coefficient (Wildman–Crippen LogP) is 0.562. The van der Waals surface area contributed by atoms with Crippen molar-refractivity contribution in [2.75, 3.05) is 31.7 Å². The summed E-state index contributed by atoms with van der Waals surface area (Å²) in [5.74, 6) is 0.459. The Morgan fingerprint density at radius 1 is 1.53 bits per heavy atom. The molecular weight excluding hydrogens is 196 g/mol. The van der Waals surface area contributed by atoms with Gasteiger partial charge in [-0.05, 0) is 13.8 Å². The van der Waals surface area contributed by atoms with E-state index in [1.54, 1.807) is 7.11 Å². The second-order valence-electron chi connectivity index (χ2n) is 3.28. The zero-order valence-corrected chi connectivity index (χ0v) is 9.43. The Balaban J connectivity index is 2.65. The first kappa shape index (κ1) is 11.9. The molecule has 1 aromatic rings. The van der Waals surface area contributed by atoms with Crippen molar-refractivity contribution in [3.8, 4) is 0 Å². The van der Waals surface area contributed by atoms with Gasteiger partial charge in [0, 0.05) is 20.2 Å². The van der Waals surface area contributed by atoms with Gasteiger partial charge in [-0.25, -0.2) is 0 Å². The first-order chi connectivity index (χ1) is 7.19. The monoisotopic (exact) mass is 214 g/mol. The second kappa shape index (κ2) is 5.67. The number of ether oxygens (including phenoxy) is 1. The predicted molar refractivity (Wildman–Crippen MR) is 56.7 cm³/mol. The van der Waals surface area contributed by atoms with E-state index in [0.29, 0.717) is 18.5 Å². The van der Waals surface area contributed by atoms with Gasteiger partial charge in [-0.15, -0.1) is 5.10 Å². The van der Waals surface area contributed by atoms with Crippen LogP contribution in [0, 0.1) is 0 Å². The number of aromatic nitrogens is 2. The zero-order chi connectivity index (χ0) is 11.3. The first-order valence-corrected chi connectivity index (χ1v) is 5.01. The molecular formula is C9H18N4O2. The summed E-state index contributed by atoms with van der Waals surface area (Å²) < 4.78 is 10.4. The third-order valence-electron chi connectivity index (χ3n) is 2.04. The lowest BCUT2D eigenvalue weighted by Gasteiger charge is -2.16. The summed E-state index contributed by atoms with van der Waals surface area (Å²) in [7, 11) is 1.66. The molecule has 0 bridgehead atoms. The van der Waals surface area contributed by atoms with E-state index >= 15 is 0 Å². The van der Waals surface area contributed by atoms with Crippen molar-refractivity contribution in [3.05, 3.63) is 5.89 Å². The largest absolute Gasteiger partial charge is 0.406 e. The van der Waals surface area contributed by atoms with Gasteiger partial charge in [0.25, 0.3) is 0 Å². The zero-order valence-electron chi connectivity index (χ0n) is 9.43. The number of hydrogen-bond donors (Lipinski definition) is 1. The highest BCUT2D eigenvalue weighted by molar-refractivity contribution is 5.23. The highest BCUT2D eigenvalue weighted by atomic mass is 16.5. The van der Waals surface area contributed by atoms with E-state index in [1.165, 1.54) is 0 Å². The van der Waals surface area contributed by atoms with E-state index < -0.39 is 0 Å². The van der Waals surface area contributed by atoms with Crippen LogP contribution in [-0.2, 0) is 4.74 Å². The molecule has 1 unspecified atom stereocenters. The van der Waals surface area contributed by atoms with Crippen LogP contribution < -0.4 is 10.6 Å². The van der Waals surface area contributed by atoms with Gasteiger partial charge < -0.3 is 19.8 Å². The fourth-order valence-corrected chi connectivity index (χ4v) is 1.13. The molecule has 1 rings (SSSR count). The minimum absolute atomic E-state index is 0.229. The molecule has 0 fully saturated rings. The minimum Gasteiger partial charge on any atom is -0.406 e. The van der Waals surface area contributed by atoms with E-state index in [1.807, 2.05) is 18.7 Å². The van der Waals surface area contributed by atoms with Crippen molar-refractivity contribution in [1.82, 2.24) is 10.2 Å². The Bertz CT molecular complexity index is 287. The molecule has 0 aromatic carbocycles. The Kier molecular flexibility index (Phi) is 4.51. The van der Waals surface area contributed by atoms with Crippen molar-refractivity contribution in [2.45, 2.75) is 19.9 Å². The van der Waals surface area contributed by atoms with E-state index in [4.69, 9.17) is 14.9 Å². The van der Waals surface area contributed by atoms with Gasteiger partial charge in [-0.3, -0.25) is 0 Å². The molecule has 0 saturated carbocycles. The van der Waals surface area contributed by atoms with Gasteiger partial charge >= 0.3 is 6.01 Å². The molecule has 86 valence electrons. The molecule has 0 aliphatic rings. The number of anilines is 1. The van der Waals surface area contributed by atoms with E-state index in [9.17, 15) is 0 Å². The number of nitrogens with two attached hydrogens (primary N) is 1. The quantitative estimate of drug-likeness (QED) is 0.745. The van der Waals surface area contributed by atoms with Crippen molar-refractivity contribution in [2.24, 2.45) is 5.73 Å². The number of likely N-dealkylation sites (N-methyl/N-ethyl adjacent to an activating group) is 1. The molecule has 6 heteroatoms. The lowest BCUT2D eigenvalue weighted by Crippen LogP contribution is -2.27. The average Bonchev–Trinajstić information content (AvgIpc) is 2.68. The summed E-state index contributed by atoms with van der Waals surface area (Å²) in [6.45, 7) is 5.98. The van der Waals surface area contributed by atoms with Crippen LogP contribution in [0.5, 0.6) is 0 Å². The normalized spacial score (nSPS) is 12.8. The van der Waals surface area contributed by atoms with Crippen LogP contribution in [0.1, 0.15) is 25.8 Å². The molecule has 0 aliphatic heterocycles. The smallest absolute Gasteiger partial charge is 0.318 e. The Labute approximate surface area is 89.4 Å². The highest BCUT2D eigenvalue weighted by Gasteiger charge is 2.14. The molecule has 1 atom stereocenters. The van der Waals surface area contributed by atoms with Crippen LogP contribution in [0.3, 0.4) is 0 Å². The van der Waals surface area contributed by atoms with Gasteiger partial charge in [0.15, 0.2) is 0 Å².